The van der Waals surface area contributed by atoms with Gasteiger partial charge in [0.2, 0.25) is 5.91 Å². The molecule has 7 heteroatoms. The molecule has 7 nitrogen and oxygen atoms in total. The van der Waals surface area contributed by atoms with Gasteiger partial charge in [0.25, 0.3) is 5.91 Å². The number of hydrogen-bond donors (Lipinski definition) is 1. The summed E-state index contributed by atoms with van der Waals surface area (Å²) < 4.78 is 10.5. The predicted molar refractivity (Wildman–Crippen MR) is 83.5 cm³/mol. The second-order valence-electron chi connectivity index (χ2n) is 5.51. The number of amides is 2. The van der Waals surface area contributed by atoms with E-state index < -0.39 is 6.10 Å². The summed E-state index contributed by atoms with van der Waals surface area (Å²) in [5.74, 6) is 1.32. The lowest BCUT2D eigenvalue weighted by atomic mass is 10.1. The van der Waals surface area contributed by atoms with Gasteiger partial charge in [-0.2, -0.15) is 0 Å². The Morgan fingerprint density at radius 2 is 2.17 bits per heavy atom. The molecule has 0 saturated carbocycles. The number of carbonyl (C=O) groups is 2. The molecule has 3 rings (SSSR count). The maximum absolute atomic E-state index is 12.1. The fraction of sp³-hybridized carbons (Fsp3) is 0.312. The highest BCUT2D eigenvalue weighted by Crippen LogP contribution is 2.34. The molecule has 2 amide bonds. The van der Waals surface area contributed by atoms with Crippen LogP contribution in [0, 0.1) is 6.92 Å². The summed E-state index contributed by atoms with van der Waals surface area (Å²) in [5.41, 5.74) is 1.44. The quantitative estimate of drug-likeness (QED) is 0.935. The lowest BCUT2D eigenvalue weighted by Gasteiger charge is -2.30. The molecule has 1 N–H and O–H groups in total. The molecule has 0 fully saturated rings. The van der Waals surface area contributed by atoms with Crippen LogP contribution in [0.5, 0.6) is 5.75 Å². The first-order valence-corrected chi connectivity index (χ1v) is 7.24. The van der Waals surface area contributed by atoms with Crippen LogP contribution in [-0.2, 0) is 16.0 Å². The van der Waals surface area contributed by atoms with Crippen LogP contribution in [0.4, 0.5) is 11.5 Å². The molecule has 0 bridgehead atoms. The minimum absolute atomic E-state index is 0.114. The second-order valence-corrected chi connectivity index (χ2v) is 5.51. The first-order chi connectivity index (χ1) is 10.9. The van der Waals surface area contributed by atoms with E-state index in [9.17, 15) is 9.59 Å². The van der Waals surface area contributed by atoms with Crippen LogP contribution >= 0.6 is 0 Å². The van der Waals surface area contributed by atoms with Gasteiger partial charge in [-0.1, -0.05) is 11.2 Å². The van der Waals surface area contributed by atoms with E-state index in [1.54, 1.807) is 44.0 Å². The summed E-state index contributed by atoms with van der Waals surface area (Å²) >= 11 is 0. The van der Waals surface area contributed by atoms with Gasteiger partial charge in [-0.25, -0.2) is 0 Å². The Kier molecular flexibility index (Phi) is 3.77. The number of nitrogens with zero attached hydrogens (tertiary/aromatic N) is 2. The van der Waals surface area contributed by atoms with E-state index in [1.807, 2.05) is 6.07 Å². The SMILES string of the molecule is Cc1cc(NC(=O)Cc2ccc3c(c2)N(C)C(=O)C(C)O3)no1. The van der Waals surface area contributed by atoms with Crippen molar-refractivity contribution in [1.82, 2.24) is 5.16 Å². The van der Waals surface area contributed by atoms with E-state index in [0.717, 1.165) is 5.56 Å². The average molecular weight is 315 g/mol. The van der Waals surface area contributed by atoms with Crippen molar-refractivity contribution in [2.24, 2.45) is 0 Å². The number of carbonyl (C=O) groups excluding carboxylic acids is 2. The molecule has 2 heterocycles. The van der Waals surface area contributed by atoms with Gasteiger partial charge in [-0.15, -0.1) is 0 Å². The van der Waals surface area contributed by atoms with Gasteiger partial charge in [-0.3, -0.25) is 9.59 Å². The number of ether oxygens (including phenoxy) is 1. The fourth-order valence-electron chi connectivity index (χ4n) is 2.46. The maximum atomic E-state index is 12.1. The molecule has 1 aliphatic rings. The summed E-state index contributed by atoms with van der Waals surface area (Å²) in [6, 6.07) is 7.01. The van der Waals surface area contributed by atoms with Crippen LogP contribution < -0.4 is 15.0 Å². The number of benzene rings is 1. The summed E-state index contributed by atoms with van der Waals surface area (Å²) in [5, 5.41) is 6.38. The van der Waals surface area contributed by atoms with E-state index in [-0.39, 0.29) is 18.2 Å². The Balaban J connectivity index is 1.74. The summed E-state index contributed by atoms with van der Waals surface area (Å²) in [4.78, 5) is 25.6. The van der Waals surface area contributed by atoms with E-state index in [2.05, 4.69) is 10.5 Å². The van der Waals surface area contributed by atoms with Crippen molar-refractivity contribution in [2.45, 2.75) is 26.4 Å². The maximum Gasteiger partial charge on any atom is 0.267 e. The predicted octanol–water partition coefficient (Wildman–Crippen LogP) is 1.91. The fourth-order valence-corrected chi connectivity index (χ4v) is 2.46. The lowest BCUT2D eigenvalue weighted by Crippen LogP contribution is -2.42. The van der Waals surface area contributed by atoms with Crippen molar-refractivity contribution in [3.05, 3.63) is 35.6 Å². The number of aromatic nitrogens is 1. The molecule has 1 aromatic heterocycles. The molecule has 1 aromatic carbocycles. The van der Waals surface area contributed by atoms with E-state index in [0.29, 0.717) is 23.0 Å². The van der Waals surface area contributed by atoms with Gasteiger partial charge in [0, 0.05) is 13.1 Å². The molecular weight excluding hydrogens is 298 g/mol. The van der Waals surface area contributed by atoms with Crippen molar-refractivity contribution >= 4 is 23.3 Å². The molecule has 0 spiro atoms. The van der Waals surface area contributed by atoms with Gasteiger partial charge >= 0.3 is 0 Å². The van der Waals surface area contributed by atoms with Gasteiger partial charge in [0.05, 0.1) is 12.1 Å². The van der Waals surface area contributed by atoms with Gasteiger partial charge < -0.3 is 19.5 Å². The van der Waals surface area contributed by atoms with Crippen molar-refractivity contribution in [3.63, 3.8) is 0 Å². The highest BCUT2D eigenvalue weighted by Gasteiger charge is 2.29. The zero-order valence-corrected chi connectivity index (χ0v) is 13.1. The third-order valence-corrected chi connectivity index (χ3v) is 3.63. The molecule has 0 aliphatic carbocycles. The molecule has 1 unspecified atom stereocenters. The van der Waals surface area contributed by atoms with Gasteiger partial charge in [-0.05, 0) is 31.5 Å². The molecule has 1 aliphatic heterocycles. The number of fused-ring (bicyclic) bond motifs is 1. The average Bonchev–Trinajstić information content (AvgIpc) is 2.90. The van der Waals surface area contributed by atoms with Crippen LogP contribution in [0.3, 0.4) is 0 Å². The smallest absolute Gasteiger partial charge is 0.267 e. The van der Waals surface area contributed by atoms with E-state index in [1.165, 1.54) is 0 Å². The molecule has 120 valence electrons. The molecule has 23 heavy (non-hydrogen) atoms. The normalized spacial score (nSPS) is 16.7. The van der Waals surface area contributed by atoms with E-state index >= 15 is 0 Å². The Morgan fingerprint density at radius 1 is 1.39 bits per heavy atom. The largest absolute Gasteiger partial charge is 0.479 e. The standard InChI is InChI=1S/C16H17N3O4/c1-9-6-14(18-23-9)17-15(20)8-11-4-5-13-12(7-11)19(3)16(21)10(2)22-13/h4-7,10H,8H2,1-3H3,(H,17,18,20). The Labute approximate surface area is 133 Å². The molecule has 0 radical (unpaired) electrons. The van der Waals surface area contributed by atoms with E-state index in [4.69, 9.17) is 9.26 Å². The highest BCUT2D eigenvalue weighted by atomic mass is 16.5. The summed E-state index contributed by atoms with van der Waals surface area (Å²) in [6.07, 6.45) is -0.339. The molecule has 2 aromatic rings. The molecule has 1 atom stereocenters. The molecule has 0 saturated heterocycles. The Bertz CT molecular complexity index is 768. The zero-order chi connectivity index (χ0) is 16.6. The monoisotopic (exact) mass is 315 g/mol. The number of rotatable bonds is 3. The minimum atomic E-state index is -0.503. The minimum Gasteiger partial charge on any atom is -0.479 e. The van der Waals surface area contributed by atoms with Crippen molar-refractivity contribution in [2.75, 3.05) is 17.3 Å². The number of anilines is 2. The topological polar surface area (TPSA) is 84.7 Å². The van der Waals surface area contributed by atoms with Gasteiger partial charge in [0.15, 0.2) is 11.9 Å². The van der Waals surface area contributed by atoms with Crippen molar-refractivity contribution in [1.29, 1.82) is 0 Å². The second kappa shape index (κ2) is 5.75. The number of likely N-dealkylation sites (N-methyl/N-ethyl adjacent to an activating group) is 1. The van der Waals surface area contributed by atoms with Crippen LogP contribution in [0.1, 0.15) is 18.2 Å². The van der Waals surface area contributed by atoms with Crippen LogP contribution in [-0.4, -0.2) is 30.1 Å². The van der Waals surface area contributed by atoms with Crippen molar-refractivity contribution in [3.8, 4) is 5.75 Å². The third-order valence-electron chi connectivity index (χ3n) is 3.63. The first-order valence-electron chi connectivity index (χ1n) is 7.24. The molecular formula is C16H17N3O4. The number of hydrogen-bond acceptors (Lipinski definition) is 5. The summed E-state index contributed by atoms with van der Waals surface area (Å²) in [7, 11) is 1.70. The Hall–Kier alpha value is -2.83. The highest BCUT2D eigenvalue weighted by molar-refractivity contribution is 5.99. The van der Waals surface area contributed by atoms with Crippen LogP contribution in [0.15, 0.2) is 28.8 Å². The van der Waals surface area contributed by atoms with Gasteiger partial charge in [0.1, 0.15) is 11.5 Å². The zero-order valence-electron chi connectivity index (χ0n) is 13.1. The lowest BCUT2D eigenvalue weighted by molar-refractivity contribution is -0.125. The van der Waals surface area contributed by atoms with Crippen LogP contribution in [0.2, 0.25) is 0 Å². The van der Waals surface area contributed by atoms with Crippen molar-refractivity contribution < 1.29 is 18.8 Å². The first kappa shape index (κ1) is 15.1. The number of nitrogens with one attached hydrogen (secondary N) is 1. The third kappa shape index (κ3) is 3.03. The Morgan fingerprint density at radius 3 is 2.87 bits per heavy atom. The van der Waals surface area contributed by atoms with Crippen LogP contribution in [0.25, 0.3) is 0 Å². The number of aryl methyl sites for hydroxylation is 1. The summed E-state index contributed by atoms with van der Waals surface area (Å²) in [6.45, 7) is 3.46.